The van der Waals surface area contributed by atoms with E-state index in [9.17, 15) is 0 Å². The van der Waals surface area contributed by atoms with Crippen molar-refractivity contribution in [1.29, 1.82) is 0 Å². The first-order valence-corrected chi connectivity index (χ1v) is 5.63. The summed E-state index contributed by atoms with van der Waals surface area (Å²) in [5, 5.41) is 0. The molecule has 0 aliphatic rings. The van der Waals surface area contributed by atoms with Crippen molar-refractivity contribution in [1.82, 2.24) is 14.5 Å². The Labute approximate surface area is 95.5 Å². The highest BCUT2D eigenvalue weighted by atomic mass is 15.1. The topological polar surface area (TPSA) is 56.7 Å². The highest BCUT2D eigenvalue weighted by Crippen LogP contribution is 2.24. The first kappa shape index (κ1) is 11.1. The van der Waals surface area contributed by atoms with Crippen LogP contribution in [0.3, 0.4) is 0 Å². The number of nitrogens with zero attached hydrogens (tertiary/aromatic N) is 3. The van der Waals surface area contributed by atoms with Crippen molar-refractivity contribution in [3.8, 4) is 0 Å². The standard InChI is InChI=1S/C12H18N4/c1-4-7-12(2,13)11-15-9-6-5-8-14-10(9)16(11)3/h5-6,8H,4,7,13H2,1-3H3. The van der Waals surface area contributed by atoms with E-state index in [1.807, 2.05) is 30.7 Å². The number of fused-ring (bicyclic) bond motifs is 1. The number of aromatic nitrogens is 3. The predicted octanol–water partition coefficient (Wildman–Crippen LogP) is 1.94. The predicted molar refractivity (Wildman–Crippen MR) is 65.0 cm³/mol. The molecule has 0 bridgehead atoms. The van der Waals surface area contributed by atoms with Crippen molar-refractivity contribution in [3.63, 3.8) is 0 Å². The molecule has 0 fully saturated rings. The highest BCUT2D eigenvalue weighted by Gasteiger charge is 2.26. The Hall–Kier alpha value is -1.42. The minimum absolute atomic E-state index is 0.385. The Morgan fingerprint density at radius 2 is 2.25 bits per heavy atom. The van der Waals surface area contributed by atoms with E-state index in [1.54, 1.807) is 6.20 Å². The van der Waals surface area contributed by atoms with E-state index in [1.165, 1.54) is 0 Å². The van der Waals surface area contributed by atoms with Gasteiger partial charge < -0.3 is 10.3 Å². The molecule has 2 aromatic heterocycles. The number of pyridine rings is 1. The van der Waals surface area contributed by atoms with Gasteiger partial charge in [0.25, 0.3) is 0 Å². The van der Waals surface area contributed by atoms with Gasteiger partial charge in [-0.25, -0.2) is 9.97 Å². The molecule has 4 nitrogen and oxygen atoms in total. The molecule has 4 heteroatoms. The monoisotopic (exact) mass is 218 g/mol. The lowest BCUT2D eigenvalue weighted by Gasteiger charge is -2.23. The number of nitrogens with two attached hydrogens (primary N) is 1. The summed E-state index contributed by atoms with van der Waals surface area (Å²) in [5.41, 5.74) is 7.72. The quantitative estimate of drug-likeness (QED) is 0.856. The maximum atomic E-state index is 6.30. The molecule has 2 rings (SSSR count). The minimum atomic E-state index is -0.385. The van der Waals surface area contributed by atoms with Crippen LogP contribution in [0.4, 0.5) is 0 Å². The fourth-order valence-electron chi connectivity index (χ4n) is 2.17. The van der Waals surface area contributed by atoms with Gasteiger partial charge in [-0.2, -0.15) is 0 Å². The van der Waals surface area contributed by atoms with E-state index >= 15 is 0 Å². The van der Waals surface area contributed by atoms with Crippen molar-refractivity contribution in [2.75, 3.05) is 0 Å². The SMILES string of the molecule is CCCC(C)(N)c1nc2cccnc2n1C. The van der Waals surface area contributed by atoms with E-state index < -0.39 is 0 Å². The molecule has 2 heterocycles. The van der Waals surface area contributed by atoms with Crippen molar-refractivity contribution in [3.05, 3.63) is 24.2 Å². The summed E-state index contributed by atoms with van der Waals surface area (Å²) < 4.78 is 1.99. The molecule has 0 saturated carbocycles. The zero-order valence-corrected chi connectivity index (χ0v) is 10.1. The Kier molecular flexibility index (Phi) is 2.68. The molecule has 0 aliphatic carbocycles. The van der Waals surface area contributed by atoms with Crippen LogP contribution in [0.25, 0.3) is 11.2 Å². The molecule has 16 heavy (non-hydrogen) atoms. The van der Waals surface area contributed by atoms with Crippen LogP contribution < -0.4 is 5.73 Å². The van der Waals surface area contributed by atoms with Crippen LogP contribution in [-0.4, -0.2) is 14.5 Å². The van der Waals surface area contributed by atoms with Crippen LogP contribution in [-0.2, 0) is 12.6 Å². The molecule has 0 radical (unpaired) electrons. The van der Waals surface area contributed by atoms with Crippen LogP contribution in [0.15, 0.2) is 18.3 Å². The summed E-state index contributed by atoms with van der Waals surface area (Å²) in [6.07, 6.45) is 3.75. The van der Waals surface area contributed by atoms with Gasteiger partial charge in [0.1, 0.15) is 11.3 Å². The van der Waals surface area contributed by atoms with Gasteiger partial charge in [-0.3, -0.25) is 0 Å². The molecular formula is C12H18N4. The fourth-order valence-corrected chi connectivity index (χ4v) is 2.17. The van der Waals surface area contributed by atoms with E-state index in [-0.39, 0.29) is 5.54 Å². The first-order chi connectivity index (χ1) is 7.56. The zero-order chi connectivity index (χ0) is 11.8. The van der Waals surface area contributed by atoms with E-state index in [0.29, 0.717) is 0 Å². The van der Waals surface area contributed by atoms with Crippen LogP contribution in [0, 0.1) is 0 Å². The second-order valence-electron chi connectivity index (χ2n) is 4.51. The van der Waals surface area contributed by atoms with Crippen LogP contribution in [0.2, 0.25) is 0 Å². The van der Waals surface area contributed by atoms with Gasteiger partial charge >= 0.3 is 0 Å². The average molecular weight is 218 g/mol. The molecule has 0 spiro atoms. The molecule has 1 unspecified atom stereocenters. The third kappa shape index (κ3) is 1.69. The number of aryl methyl sites for hydroxylation is 1. The summed E-state index contributed by atoms with van der Waals surface area (Å²) >= 11 is 0. The Bertz CT molecular complexity index is 499. The lowest BCUT2D eigenvalue weighted by Crippen LogP contribution is -2.35. The second kappa shape index (κ2) is 3.87. The number of hydrogen-bond donors (Lipinski definition) is 1. The largest absolute Gasteiger partial charge is 0.319 e. The summed E-state index contributed by atoms with van der Waals surface area (Å²) in [5.74, 6) is 0.906. The Morgan fingerprint density at radius 3 is 2.88 bits per heavy atom. The summed E-state index contributed by atoms with van der Waals surface area (Å²) in [6.45, 7) is 4.16. The lowest BCUT2D eigenvalue weighted by molar-refractivity contribution is 0.409. The van der Waals surface area contributed by atoms with E-state index in [4.69, 9.17) is 5.73 Å². The van der Waals surface area contributed by atoms with Crippen LogP contribution in [0.1, 0.15) is 32.5 Å². The third-order valence-corrected chi connectivity index (χ3v) is 2.91. The molecular weight excluding hydrogens is 200 g/mol. The van der Waals surface area contributed by atoms with Crippen molar-refractivity contribution < 1.29 is 0 Å². The average Bonchev–Trinajstić information content (AvgIpc) is 2.58. The fraction of sp³-hybridized carbons (Fsp3) is 0.500. The second-order valence-corrected chi connectivity index (χ2v) is 4.51. The molecule has 2 aromatic rings. The molecule has 86 valence electrons. The van der Waals surface area contributed by atoms with Gasteiger partial charge in [-0.15, -0.1) is 0 Å². The van der Waals surface area contributed by atoms with Gasteiger partial charge in [0.2, 0.25) is 0 Å². The Morgan fingerprint density at radius 1 is 1.50 bits per heavy atom. The van der Waals surface area contributed by atoms with Crippen LogP contribution in [0.5, 0.6) is 0 Å². The maximum Gasteiger partial charge on any atom is 0.159 e. The van der Waals surface area contributed by atoms with Gasteiger partial charge in [-0.1, -0.05) is 13.3 Å². The summed E-state index contributed by atoms with van der Waals surface area (Å²) in [6, 6.07) is 3.86. The smallest absolute Gasteiger partial charge is 0.159 e. The number of rotatable bonds is 3. The van der Waals surface area contributed by atoms with Gasteiger partial charge in [0.05, 0.1) is 5.54 Å². The first-order valence-electron chi connectivity index (χ1n) is 5.63. The van der Waals surface area contributed by atoms with Gasteiger partial charge in [-0.05, 0) is 25.5 Å². The molecule has 0 amide bonds. The van der Waals surface area contributed by atoms with Crippen LogP contribution >= 0.6 is 0 Å². The Balaban J connectivity index is 2.57. The normalized spacial score (nSPS) is 15.2. The van der Waals surface area contributed by atoms with Crippen molar-refractivity contribution in [2.24, 2.45) is 12.8 Å². The third-order valence-electron chi connectivity index (χ3n) is 2.91. The van der Waals surface area contributed by atoms with Crippen molar-refractivity contribution in [2.45, 2.75) is 32.2 Å². The van der Waals surface area contributed by atoms with E-state index in [2.05, 4.69) is 16.9 Å². The molecule has 1 atom stereocenters. The van der Waals surface area contributed by atoms with Gasteiger partial charge in [0.15, 0.2) is 5.65 Å². The molecule has 0 saturated heterocycles. The maximum absolute atomic E-state index is 6.30. The van der Waals surface area contributed by atoms with Gasteiger partial charge in [0, 0.05) is 13.2 Å². The van der Waals surface area contributed by atoms with E-state index in [0.717, 1.165) is 29.8 Å². The summed E-state index contributed by atoms with van der Waals surface area (Å²) in [4.78, 5) is 8.90. The molecule has 0 aliphatic heterocycles. The zero-order valence-electron chi connectivity index (χ0n) is 10.1. The van der Waals surface area contributed by atoms with Crippen molar-refractivity contribution >= 4 is 11.2 Å². The number of hydrogen-bond acceptors (Lipinski definition) is 3. The lowest BCUT2D eigenvalue weighted by atomic mass is 9.97. The molecule has 0 aromatic carbocycles. The highest BCUT2D eigenvalue weighted by molar-refractivity contribution is 5.71. The number of imidazole rings is 1. The minimum Gasteiger partial charge on any atom is -0.319 e. The summed E-state index contributed by atoms with van der Waals surface area (Å²) in [7, 11) is 1.97. The molecule has 2 N–H and O–H groups in total.